The van der Waals surface area contributed by atoms with Gasteiger partial charge in [-0.2, -0.15) is 0 Å². The van der Waals surface area contributed by atoms with Crippen LogP contribution in [0.4, 0.5) is 5.82 Å². The quantitative estimate of drug-likeness (QED) is 0.738. The summed E-state index contributed by atoms with van der Waals surface area (Å²) >= 11 is 0. The van der Waals surface area contributed by atoms with E-state index in [1.165, 1.54) is 0 Å². The number of pyridine rings is 1. The number of hydrogen-bond donors (Lipinski definition) is 3. The van der Waals surface area contributed by atoms with Crippen LogP contribution in [0.15, 0.2) is 27.4 Å². The number of anilines is 1. The minimum Gasteiger partial charge on any atom is -0.392 e. The van der Waals surface area contributed by atoms with Crippen LogP contribution in [0.25, 0.3) is 0 Å². The molecule has 0 atom stereocenters. The van der Waals surface area contributed by atoms with Gasteiger partial charge in [-0.25, -0.2) is 14.9 Å². The second kappa shape index (κ2) is 5.09. The molecule has 20 heavy (non-hydrogen) atoms. The van der Waals surface area contributed by atoms with E-state index in [4.69, 9.17) is 10.2 Å². The molecule has 1 fully saturated rings. The fourth-order valence-electron chi connectivity index (χ4n) is 2.77. The summed E-state index contributed by atoms with van der Waals surface area (Å²) in [6.07, 6.45) is 2.35. The molecule has 1 aliphatic heterocycles. The Labute approximate surface area is 115 Å². The maximum Gasteiger partial charge on any atom is 0.434 e. The van der Waals surface area contributed by atoms with Gasteiger partial charge in [0, 0.05) is 12.1 Å². The lowest BCUT2D eigenvalue weighted by Gasteiger charge is -2.34. The Morgan fingerprint density at radius 3 is 2.80 bits per heavy atom. The SMILES string of the molecule is Nc1cccc(CC2(c3n[nH]c(=O)o3)CCNCC2)n1. The van der Waals surface area contributed by atoms with Crippen molar-refractivity contribution in [2.45, 2.75) is 24.7 Å². The number of nitrogen functional groups attached to an aromatic ring is 1. The standard InChI is InChI=1S/C13H17N5O2/c14-10-3-1-2-9(16-10)8-13(4-6-15-7-5-13)11-17-18-12(19)20-11/h1-3,15H,4-8H2,(H2,14,16)(H,18,19). The van der Waals surface area contributed by atoms with Crippen LogP contribution in [0.3, 0.4) is 0 Å². The van der Waals surface area contributed by atoms with E-state index in [0.717, 1.165) is 31.6 Å². The summed E-state index contributed by atoms with van der Waals surface area (Å²) in [6.45, 7) is 1.72. The molecule has 2 aromatic rings. The zero-order valence-electron chi connectivity index (χ0n) is 11.1. The van der Waals surface area contributed by atoms with Crippen LogP contribution in [-0.4, -0.2) is 28.3 Å². The summed E-state index contributed by atoms with van der Waals surface area (Å²) < 4.78 is 5.22. The van der Waals surface area contributed by atoms with Crippen molar-refractivity contribution in [3.8, 4) is 0 Å². The lowest BCUT2D eigenvalue weighted by molar-refractivity contribution is 0.238. The van der Waals surface area contributed by atoms with Crippen LogP contribution in [0.2, 0.25) is 0 Å². The van der Waals surface area contributed by atoms with Crippen molar-refractivity contribution in [2.24, 2.45) is 0 Å². The van der Waals surface area contributed by atoms with Crippen LogP contribution in [0.5, 0.6) is 0 Å². The van der Waals surface area contributed by atoms with Gasteiger partial charge in [-0.05, 0) is 38.1 Å². The van der Waals surface area contributed by atoms with Crippen LogP contribution >= 0.6 is 0 Å². The second-order valence-electron chi connectivity index (χ2n) is 5.18. The maximum atomic E-state index is 11.2. The molecule has 0 aromatic carbocycles. The molecule has 0 saturated carbocycles. The Bertz CT molecular complexity index is 642. The predicted octanol–water partition coefficient (Wildman–Crippen LogP) is 0.204. The van der Waals surface area contributed by atoms with Gasteiger partial charge in [0.05, 0.1) is 5.41 Å². The molecule has 2 aromatic heterocycles. The van der Waals surface area contributed by atoms with Gasteiger partial charge in [-0.3, -0.25) is 0 Å². The lowest BCUT2D eigenvalue weighted by atomic mass is 9.75. The second-order valence-corrected chi connectivity index (χ2v) is 5.18. The summed E-state index contributed by atoms with van der Waals surface area (Å²) in [7, 11) is 0. The highest BCUT2D eigenvalue weighted by Gasteiger charge is 2.39. The van der Waals surface area contributed by atoms with Gasteiger partial charge in [0.1, 0.15) is 5.82 Å². The van der Waals surface area contributed by atoms with Crippen molar-refractivity contribution in [2.75, 3.05) is 18.8 Å². The number of hydrogen-bond acceptors (Lipinski definition) is 6. The number of nitrogens with one attached hydrogen (secondary N) is 2. The number of aromatic amines is 1. The molecule has 106 valence electrons. The third kappa shape index (κ3) is 2.44. The van der Waals surface area contributed by atoms with Gasteiger partial charge >= 0.3 is 5.76 Å². The van der Waals surface area contributed by atoms with Gasteiger partial charge < -0.3 is 15.5 Å². The Balaban J connectivity index is 1.95. The molecule has 3 heterocycles. The molecule has 7 heteroatoms. The highest BCUT2D eigenvalue weighted by Crippen LogP contribution is 2.34. The highest BCUT2D eigenvalue weighted by molar-refractivity contribution is 5.30. The Morgan fingerprint density at radius 2 is 2.15 bits per heavy atom. The van der Waals surface area contributed by atoms with Crippen LogP contribution in [0.1, 0.15) is 24.4 Å². The van der Waals surface area contributed by atoms with Crippen molar-refractivity contribution in [1.29, 1.82) is 0 Å². The number of nitrogens with two attached hydrogens (primary N) is 1. The lowest BCUT2D eigenvalue weighted by Crippen LogP contribution is -2.42. The minimum atomic E-state index is -0.515. The minimum absolute atomic E-state index is 0.300. The molecule has 4 N–H and O–H groups in total. The molecule has 0 amide bonds. The van der Waals surface area contributed by atoms with E-state index in [1.54, 1.807) is 6.07 Å². The van der Waals surface area contributed by atoms with E-state index in [2.05, 4.69) is 20.5 Å². The smallest absolute Gasteiger partial charge is 0.392 e. The van der Waals surface area contributed by atoms with Gasteiger partial charge in [0.15, 0.2) is 0 Å². The molecule has 0 aliphatic carbocycles. The first-order valence-electron chi connectivity index (χ1n) is 6.66. The fourth-order valence-corrected chi connectivity index (χ4v) is 2.77. The van der Waals surface area contributed by atoms with Crippen LogP contribution in [0, 0.1) is 0 Å². The first kappa shape index (κ1) is 12.9. The molecule has 7 nitrogen and oxygen atoms in total. The molecular weight excluding hydrogens is 258 g/mol. The maximum absolute atomic E-state index is 11.2. The predicted molar refractivity (Wildman–Crippen MR) is 73.3 cm³/mol. The first-order chi connectivity index (χ1) is 9.68. The Hall–Kier alpha value is -2.15. The number of rotatable bonds is 3. The zero-order chi connectivity index (χ0) is 14.0. The van der Waals surface area contributed by atoms with Crippen LogP contribution < -0.4 is 16.8 Å². The summed E-state index contributed by atoms with van der Waals surface area (Å²) in [5, 5.41) is 9.70. The van der Waals surface area contributed by atoms with Crippen molar-refractivity contribution < 1.29 is 4.42 Å². The normalized spacial score (nSPS) is 18.0. The third-order valence-corrected chi connectivity index (χ3v) is 3.80. The van der Waals surface area contributed by atoms with Gasteiger partial charge in [-0.1, -0.05) is 6.07 Å². The summed E-state index contributed by atoms with van der Waals surface area (Å²) in [5.41, 5.74) is 6.32. The fraction of sp³-hybridized carbons (Fsp3) is 0.462. The highest BCUT2D eigenvalue weighted by atomic mass is 16.4. The van der Waals surface area contributed by atoms with Gasteiger partial charge in [-0.15, -0.1) is 5.10 Å². The number of H-pyrrole nitrogens is 1. The average molecular weight is 275 g/mol. The summed E-state index contributed by atoms with van der Waals surface area (Å²) in [6, 6.07) is 5.57. The third-order valence-electron chi connectivity index (χ3n) is 3.80. The van der Waals surface area contributed by atoms with Gasteiger partial charge in [0.2, 0.25) is 5.89 Å². The van der Waals surface area contributed by atoms with Crippen molar-refractivity contribution in [3.63, 3.8) is 0 Å². The molecule has 0 bridgehead atoms. The molecule has 3 rings (SSSR count). The van der Waals surface area contributed by atoms with Crippen molar-refractivity contribution in [1.82, 2.24) is 20.5 Å². The topological polar surface area (TPSA) is 110 Å². The Morgan fingerprint density at radius 1 is 1.35 bits per heavy atom. The molecule has 0 spiro atoms. The molecule has 0 unspecified atom stereocenters. The number of nitrogens with zero attached hydrogens (tertiary/aromatic N) is 2. The first-order valence-corrected chi connectivity index (χ1v) is 6.66. The zero-order valence-corrected chi connectivity index (χ0v) is 11.1. The van der Waals surface area contributed by atoms with E-state index in [9.17, 15) is 4.79 Å². The monoisotopic (exact) mass is 275 g/mol. The van der Waals surface area contributed by atoms with E-state index < -0.39 is 5.76 Å². The van der Waals surface area contributed by atoms with E-state index >= 15 is 0 Å². The Kier molecular flexibility index (Phi) is 3.27. The number of aromatic nitrogens is 3. The van der Waals surface area contributed by atoms with Gasteiger partial charge in [0.25, 0.3) is 0 Å². The van der Waals surface area contributed by atoms with Crippen LogP contribution in [-0.2, 0) is 11.8 Å². The average Bonchev–Trinajstić information content (AvgIpc) is 2.87. The molecular formula is C13H17N5O2. The molecule has 0 radical (unpaired) electrons. The van der Waals surface area contributed by atoms with E-state index in [1.807, 2.05) is 12.1 Å². The summed E-state index contributed by atoms with van der Waals surface area (Å²) in [5.74, 6) is 0.446. The molecule has 1 saturated heterocycles. The molecule has 1 aliphatic rings. The number of piperidine rings is 1. The van der Waals surface area contributed by atoms with Crippen molar-refractivity contribution in [3.05, 3.63) is 40.3 Å². The van der Waals surface area contributed by atoms with Crippen molar-refractivity contribution >= 4 is 5.82 Å². The van der Waals surface area contributed by atoms with E-state index in [0.29, 0.717) is 18.1 Å². The summed E-state index contributed by atoms with van der Waals surface area (Å²) in [4.78, 5) is 15.6. The van der Waals surface area contributed by atoms with E-state index in [-0.39, 0.29) is 5.41 Å². The largest absolute Gasteiger partial charge is 0.434 e.